The standard InChI is InChI=1S/C26H32N2O4S/c1-19-7-10-22(11-8-19)24(29)27-14-16-28(17-15-27)25(30)26(12-4-5-13-26)33(31,32)23-18-20(2)6-9-21(23)3/h6-11,18H,4-5,12-17H2,1-3H3. The SMILES string of the molecule is Cc1ccc(C(=O)N2CCN(C(=O)C3(S(=O)(=O)c4cc(C)ccc4C)CCCC3)CC2)cc1. The van der Waals surface area contributed by atoms with Crippen molar-refractivity contribution in [2.45, 2.75) is 56.1 Å². The van der Waals surface area contributed by atoms with Crippen molar-refractivity contribution in [1.29, 1.82) is 0 Å². The van der Waals surface area contributed by atoms with Gasteiger partial charge in [0, 0.05) is 31.7 Å². The topological polar surface area (TPSA) is 74.8 Å². The highest BCUT2D eigenvalue weighted by molar-refractivity contribution is 7.93. The molecule has 0 radical (unpaired) electrons. The molecule has 1 aliphatic heterocycles. The molecule has 2 fully saturated rings. The van der Waals surface area contributed by atoms with Crippen molar-refractivity contribution in [3.8, 4) is 0 Å². The molecule has 0 spiro atoms. The van der Waals surface area contributed by atoms with Gasteiger partial charge in [-0.05, 0) is 62.9 Å². The summed E-state index contributed by atoms with van der Waals surface area (Å²) in [6.45, 7) is 7.13. The average Bonchev–Trinajstić information content (AvgIpc) is 3.32. The lowest BCUT2D eigenvalue weighted by Gasteiger charge is -2.39. The Hall–Kier alpha value is -2.67. The van der Waals surface area contributed by atoms with Crippen molar-refractivity contribution in [3.63, 3.8) is 0 Å². The van der Waals surface area contributed by atoms with Gasteiger partial charge in [-0.25, -0.2) is 8.42 Å². The lowest BCUT2D eigenvalue weighted by atomic mass is 10.0. The zero-order valence-electron chi connectivity index (χ0n) is 19.6. The molecule has 4 rings (SSSR count). The van der Waals surface area contributed by atoms with Crippen LogP contribution in [0.3, 0.4) is 0 Å². The van der Waals surface area contributed by atoms with Crippen molar-refractivity contribution in [3.05, 3.63) is 64.7 Å². The highest BCUT2D eigenvalue weighted by Crippen LogP contribution is 2.43. The number of carbonyl (C=O) groups excluding carboxylic acids is 2. The first-order valence-corrected chi connectivity index (χ1v) is 13.1. The summed E-state index contributed by atoms with van der Waals surface area (Å²) in [7, 11) is -3.85. The number of benzene rings is 2. The predicted molar refractivity (Wildman–Crippen MR) is 128 cm³/mol. The summed E-state index contributed by atoms with van der Waals surface area (Å²) in [6.07, 6.45) is 2.15. The predicted octanol–water partition coefficient (Wildman–Crippen LogP) is 3.68. The van der Waals surface area contributed by atoms with Gasteiger partial charge in [0.25, 0.3) is 5.91 Å². The van der Waals surface area contributed by atoms with E-state index in [-0.39, 0.29) is 16.7 Å². The first kappa shape index (κ1) is 23.5. The lowest BCUT2D eigenvalue weighted by Crippen LogP contribution is -2.58. The number of rotatable bonds is 4. The molecule has 1 aliphatic carbocycles. The Bertz CT molecular complexity index is 1160. The zero-order valence-corrected chi connectivity index (χ0v) is 20.5. The van der Waals surface area contributed by atoms with Gasteiger partial charge in [-0.3, -0.25) is 9.59 Å². The minimum Gasteiger partial charge on any atom is -0.338 e. The number of carbonyl (C=O) groups is 2. The van der Waals surface area contributed by atoms with Crippen LogP contribution in [0.15, 0.2) is 47.4 Å². The lowest BCUT2D eigenvalue weighted by molar-refractivity contribution is -0.135. The van der Waals surface area contributed by atoms with Gasteiger partial charge in [-0.2, -0.15) is 0 Å². The largest absolute Gasteiger partial charge is 0.338 e. The van der Waals surface area contributed by atoms with Crippen LogP contribution >= 0.6 is 0 Å². The molecule has 1 heterocycles. The van der Waals surface area contributed by atoms with E-state index >= 15 is 0 Å². The Morgan fingerprint density at radius 2 is 1.33 bits per heavy atom. The monoisotopic (exact) mass is 468 g/mol. The van der Waals surface area contributed by atoms with Crippen LogP contribution in [0.1, 0.15) is 52.7 Å². The van der Waals surface area contributed by atoms with Crippen molar-refractivity contribution in [1.82, 2.24) is 9.80 Å². The molecule has 33 heavy (non-hydrogen) atoms. The number of hydrogen-bond donors (Lipinski definition) is 0. The van der Waals surface area contributed by atoms with Crippen molar-refractivity contribution >= 4 is 21.7 Å². The molecule has 0 aromatic heterocycles. The third kappa shape index (κ3) is 4.19. The number of piperazine rings is 1. The highest BCUT2D eigenvalue weighted by atomic mass is 32.2. The molecule has 0 bridgehead atoms. The summed E-state index contributed by atoms with van der Waals surface area (Å²) in [6, 6.07) is 12.9. The maximum absolute atomic E-state index is 13.9. The Labute approximate surface area is 196 Å². The van der Waals surface area contributed by atoms with Gasteiger partial charge in [0.1, 0.15) is 0 Å². The second kappa shape index (κ2) is 8.93. The molecule has 6 nitrogen and oxygen atoms in total. The summed E-state index contributed by atoms with van der Waals surface area (Å²) in [4.78, 5) is 30.3. The fourth-order valence-corrected chi connectivity index (χ4v) is 7.47. The summed E-state index contributed by atoms with van der Waals surface area (Å²) in [5.41, 5.74) is 3.26. The van der Waals surface area contributed by atoms with E-state index in [1.54, 1.807) is 22.8 Å². The number of aryl methyl sites for hydroxylation is 3. The third-order valence-corrected chi connectivity index (χ3v) is 9.73. The maximum atomic E-state index is 13.9. The molecule has 0 atom stereocenters. The first-order valence-electron chi connectivity index (χ1n) is 11.6. The van der Waals surface area contributed by atoms with E-state index in [0.29, 0.717) is 50.1 Å². The van der Waals surface area contributed by atoms with E-state index in [0.717, 1.165) is 24.0 Å². The Kier molecular flexibility index (Phi) is 6.36. The number of hydrogen-bond acceptors (Lipinski definition) is 4. The number of amides is 2. The molecular formula is C26H32N2O4S. The van der Waals surface area contributed by atoms with Crippen LogP contribution in [-0.2, 0) is 14.6 Å². The number of nitrogens with zero attached hydrogens (tertiary/aromatic N) is 2. The van der Waals surface area contributed by atoms with Gasteiger partial charge in [0.05, 0.1) is 4.90 Å². The van der Waals surface area contributed by atoms with Gasteiger partial charge in [0.2, 0.25) is 5.91 Å². The second-order valence-corrected chi connectivity index (χ2v) is 11.7. The van der Waals surface area contributed by atoms with Gasteiger partial charge in [0.15, 0.2) is 14.6 Å². The van der Waals surface area contributed by atoms with E-state index in [1.807, 2.05) is 50.2 Å². The van der Waals surface area contributed by atoms with E-state index in [9.17, 15) is 18.0 Å². The zero-order chi connectivity index (χ0) is 23.8. The summed E-state index contributed by atoms with van der Waals surface area (Å²) < 4.78 is 26.4. The fourth-order valence-electron chi connectivity index (χ4n) is 5.03. The van der Waals surface area contributed by atoms with Crippen LogP contribution in [0.4, 0.5) is 0 Å². The van der Waals surface area contributed by atoms with E-state index in [2.05, 4.69) is 0 Å². The molecule has 1 saturated carbocycles. The number of sulfone groups is 1. The van der Waals surface area contributed by atoms with Gasteiger partial charge in [-0.15, -0.1) is 0 Å². The second-order valence-electron chi connectivity index (χ2n) is 9.42. The van der Waals surface area contributed by atoms with Crippen LogP contribution in [0, 0.1) is 20.8 Å². The van der Waals surface area contributed by atoms with Crippen molar-refractivity contribution < 1.29 is 18.0 Å². The smallest absolute Gasteiger partial charge is 0.253 e. The van der Waals surface area contributed by atoms with Crippen LogP contribution < -0.4 is 0 Å². The molecule has 0 N–H and O–H groups in total. The van der Waals surface area contributed by atoms with Crippen LogP contribution in [-0.4, -0.2) is 61.0 Å². The molecular weight excluding hydrogens is 436 g/mol. The van der Waals surface area contributed by atoms with Gasteiger partial charge < -0.3 is 9.80 Å². The van der Waals surface area contributed by atoms with Crippen molar-refractivity contribution in [2.75, 3.05) is 26.2 Å². The van der Waals surface area contributed by atoms with E-state index < -0.39 is 14.6 Å². The summed E-state index contributed by atoms with van der Waals surface area (Å²) in [5, 5.41) is 0. The molecule has 1 saturated heterocycles. The normalized spacial score (nSPS) is 18.4. The highest BCUT2D eigenvalue weighted by Gasteiger charge is 2.55. The minimum absolute atomic E-state index is 0.0549. The third-order valence-electron chi connectivity index (χ3n) is 7.10. The molecule has 2 aromatic carbocycles. The maximum Gasteiger partial charge on any atom is 0.253 e. The van der Waals surface area contributed by atoms with Crippen LogP contribution in [0.5, 0.6) is 0 Å². The molecule has 176 valence electrons. The average molecular weight is 469 g/mol. The molecule has 0 unspecified atom stereocenters. The Morgan fingerprint density at radius 1 is 0.788 bits per heavy atom. The Balaban J connectivity index is 1.54. The fraction of sp³-hybridized carbons (Fsp3) is 0.462. The summed E-state index contributed by atoms with van der Waals surface area (Å²) >= 11 is 0. The van der Waals surface area contributed by atoms with Crippen LogP contribution in [0.25, 0.3) is 0 Å². The molecule has 7 heteroatoms. The minimum atomic E-state index is -3.85. The Morgan fingerprint density at radius 3 is 1.94 bits per heavy atom. The van der Waals surface area contributed by atoms with Crippen LogP contribution in [0.2, 0.25) is 0 Å². The quantitative estimate of drug-likeness (QED) is 0.686. The van der Waals surface area contributed by atoms with E-state index in [4.69, 9.17) is 0 Å². The molecule has 2 aliphatic rings. The molecule has 2 amide bonds. The first-order chi connectivity index (χ1) is 15.7. The van der Waals surface area contributed by atoms with Gasteiger partial charge >= 0.3 is 0 Å². The van der Waals surface area contributed by atoms with Gasteiger partial charge in [-0.1, -0.05) is 42.7 Å². The van der Waals surface area contributed by atoms with E-state index in [1.165, 1.54) is 0 Å². The summed E-state index contributed by atoms with van der Waals surface area (Å²) in [5.74, 6) is -0.357. The molecule has 2 aromatic rings. The van der Waals surface area contributed by atoms with Crippen molar-refractivity contribution in [2.24, 2.45) is 0 Å².